The van der Waals surface area contributed by atoms with E-state index in [1.54, 1.807) is 11.1 Å². The Morgan fingerprint density at radius 3 is 2.78 bits per heavy atom. The minimum Gasteiger partial charge on any atom is -0.445 e. The lowest BCUT2D eigenvalue weighted by Gasteiger charge is -1.98. The second kappa shape index (κ2) is 6.99. The van der Waals surface area contributed by atoms with Gasteiger partial charge < -0.3 is 4.42 Å². The molecule has 0 aliphatic heterocycles. The standard InChI is InChI=1S/C14H21N3O/c1-2-3-4-5-6-7-9-13-12-15-17(16-13)14-10-8-11-18-14/h8,10-12H,2-7,9H2,1H3. The van der Waals surface area contributed by atoms with Gasteiger partial charge in [0.05, 0.1) is 18.2 Å². The van der Waals surface area contributed by atoms with Crippen LogP contribution < -0.4 is 0 Å². The molecule has 0 saturated carbocycles. The molecule has 98 valence electrons. The van der Waals surface area contributed by atoms with Gasteiger partial charge in [0, 0.05) is 6.07 Å². The van der Waals surface area contributed by atoms with Crippen molar-refractivity contribution in [2.45, 2.75) is 51.9 Å². The van der Waals surface area contributed by atoms with Crippen LogP contribution in [0.15, 0.2) is 29.0 Å². The molecule has 0 N–H and O–H groups in total. The molecule has 2 heterocycles. The number of aryl methyl sites for hydroxylation is 1. The van der Waals surface area contributed by atoms with Crippen molar-refractivity contribution in [2.24, 2.45) is 0 Å². The van der Waals surface area contributed by atoms with Gasteiger partial charge in [-0.05, 0) is 18.9 Å². The zero-order chi connectivity index (χ0) is 12.6. The number of furan rings is 1. The molecule has 18 heavy (non-hydrogen) atoms. The highest BCUT2D eigenvalue weighted by molar-refractivity contribution is 5.13. The van der Waals surface area contributed by atoms with Crippen molar-refractivity contribution in [1.29, 1.82) is 0 Å². The van der Waals surface area contributed by atoms with Crippen LogP contribution in [-0.2, 0) is 6.42 Å². The van der Waals surface area contributed by atoms with Crippen molar-refractivity contribution in [3.05, 3.63) is 30.3 Å². The number of hydrogen-bond acceptors (Lipinski definition) is 3. The first kappa shape index (κ1) is 12.9. The fourth-order valence-corrected chi connectivity index (χ4v) is 1.99. The Balaban J connectivity index is 1.71. The number of hydrogen-bond donors (Lipinski definition) is 0. The van der Waals surface area contributed by atoms with Crippen molar-refractivity contribution < 1.29 is 4.42 Å². The molecular formula is C14H21N3O. The van der Waals surface area contributed by atoms with E-state index in [0.717, 1.165) is 12.1 Å². The lowest BCUT2D eigenvalue weighted by atomic mass is 10.1. The fourth-order valence-electron chi connectivity index (χ4n) is 1.99. The van der Waals surface area contributed by atoms with Gasteiger partial charge in [-0.3, -0.25) is 0 Å². The van der Waals surface area contributed by atoms with E-state index in [0.29, 0.717) is 5.88 Å². The van der Waals surface area contributed by atoms with Crippen molar-refractivity contribution in [3.63, 3.8) is 0 Å². The molecule has 0 fully saturated rings. The Kier molecular flexibility index (Phi) is 5.00. The third kappa shape index (κ3) is 3.72. The molecule has 0 unspecified atom stereocenters. The van der Waals surface area contributed by atoms with Crippen LogP contribution in [0.1, 0.15) is 51.1 Å². The van der Waals surface area contributed by atoms with Crippen LogP contribution in [0.25, 0.3) is 5.88 Å². The third-order valence-electron chi connectivity index (χ3n) is 3.03. The summed E-state index contributed by atoms with van der Waals surface area (Å²) in [6.45, 7) is 2.24. The summed E-state index contributed by atoms with van der Waals surface area (Å²) >= 11 is 0. The Hall–Kier alpha value is -1.58. The second-order valence-corrected chi connectivity index (χ2v) is 4.59. The molecule has 0 radical (unpaired) electrons. The average Bonchev–Trinajstić information content (AvgIpc) is 3.03. The van der Waals surface area contributed by atoms with Gasteiger partial charge in [0.2, 0.25) is 5.88 Å². The molecule has 0 spiro atoms. The van der Waals surface area contributed by atoms with E-state index in [1.807, 2.05) is 18.3 Å². The normalized spacial score (nSPS) is 10.9. The van der Waals surface area contributed by atoms with E-state index < -0.39 is 0 Å². The molecule has 4 nitrogen and oxygen atoms in total. The summed E-state index contributed by atoms with van der Waals surface area (Å²) in [6, 6.07) is 3.70. The Bertz CT molecular complexity index is 434. The minimum atomic E-state index is 0.671. The SMILES string of the molecule is CCCCCCCCc1cnn(-c2ccco2)n1. The quantitative estimate of drug-likeness (QED) is 0.667. The van der Waals surface area contributed by atoms with Gasteiger partial charge in [-0.1, -0.05) is 39.0 Å². The maximum Gasteiger partial charge on any atom is 0.238 e. The predicted molar refractivity (Wildman–Crippen MR) is 70.7 cm³/mol. The van der Waals surface area contributed by atoms with Gasteiger partial charge in [-0.15, -0.1) is 4.80 Å². The van der Waals surface area contributed by atoms with E-state index in [2.05, 4.69) is 17.1 Å². The van der Waals surface area contributed by atoms with Gasteiger partial charge in [-0.2, -0.15) is 10.2 Å². The highest BCUT2D eigenvalue weighted by Crippen LogP contribution is 2.09. The topological polar surface area (TPSA) is 43.9 Å². The summed E-state index contributed by atoms with van der Waals surface area (Å²) in [5.74, 6) is 0.671. The van der Waals surface area contributed by atoms with Crippen molar-refractivity contribution >= 4 is 0 Å². The third-order valence-corrected chi connectivity index (χ3v) is 3.03. The lowest BCUT2D eigenvalue weighted by Crippen LogP contribution is -1.97. The Morgan fingerprint density at radius 1 is 1.17 bits per heavy atom. The van der Waals surface area contributed by atoms with Crippen molar-refractivity contribution in [1.82, 2.24) is 15.0 Å². The van der Waals surface area contributed by atoms with Crippen LogP contribution in [0, 0.1) is 0 Å². The predicted octanol–water partition coefficient (Wildman–Crippen LogP) is 3.76. The van der Waals surface area contributed by atoms with E-state index in [-0.39, 0.29) is 0 Å². The van der Waals surface area contributed by atoms with Gasteiger partial charge in [0.25, 0.3) is 0 Å². The molecule has 2 aromatic rings. The number of unbranched alkanes of at least 4 members (excludes halogenated alkanes) is 5. The summed E-state index contributed by atoms with van der Waals surface area (Å²) in [5, 5.41) is 8.60. The maximum atomic E-state index is 5.24. The van der Waals surface area contributed by atoms with Crippen LogP contribution in [0.4, 0.5) is 0 Å². The lowest BCUT2D eigenvalue weighted by molar-refractivity contribution is 0.497. The largest absolute Gasteiger partial charge is 0.445 e. The number of aromatic nitrogens is 3. The van der Waals surface area contributed by atoms with E-state index in [9.17, 15) is 0 Å². The Labute approximate surface area is 108 Å². The molecule has 0 amide bonds. The van der Waals surface area contributed by atoms with Crippen molar-refractivity contribution in [2.75, 3.05) is 0 Å². The fraction of sp³-hybridized carbons (Fsp3) is 0.571. The van der Waals surface area contributed by atoms with Gasteiger partial charge >= 0.3 is 0 Å². The summed E-state index contributed by atoms with van der Waals surface area (Å²) in [7, 11) is 0. The molecule has 0 bridgehead atoms. The zero-order valence-corrected chi connectivity index (χ0v) is 11.0. The first-order valence-electron chi connectivity index (χ1n) is 6.85. The Morgan fingerprint density at radius 2 is 2.00 bits per heavy atom. The first-order valence-corrected chi connectivity index (χ1v) is 6.85. The van der Waals surface area contributed by atoms with E-state index in [1.165, 1.54) is 38.5 Å². The molecule has 4 heteroatoms. The summed E-state index contributed by atoms with van der Waals surface area (Å²) in [4.78, 5) is 1.55. The highest BCUT2D eigenvalue weighted by Gasteiger charge is 2.04. The highest BCUT2D eigenvalue weighted by atomic mass is 16.3. The van der Waals surface area contributed by atoms with Gasteiger partial charge in [-0.25, -0.2) is 0 Å². The molecule has 2 aromatic heterocycles. The van der Waals surface area contributed by atoms with Crippen LogP contribution >= 0.6 is 0 Å². The van der Waals surface area contributed by atoms with Crippen molar-refractivity contribution in [3.8, 4) is 5.88 Å². The maximum absolute atomic E-state index is 5.24. The molecule has 0 atom stereocenters. The van der Waals surface area contributed by atoms with E-state index in [4.69, 9.17) is 4.42 Å². The number of rotatable bonds is 8. The zero-order valence-electron chi connectivity index (χ0n) is 11.0. The van der Waals surface area contributed by atoms with Crippen LogP contribution in [0.3, 0.4) is 0 Å². The smallest absolute Gasteiger partial charge is 0.238 e. The molecule has 0 aliphatic carbocycles. The monoisotopic (exact) mass is 247 g/mol. The van der Waals surface area contributed by atoms with Crippen LogP contribution in [-0.4, -0.2) is 15.0 Å². The minimum absolute atomic E-state index is 0.671. The van der Waals surface area contributed by atoms with E-state index >= 15 is 0 Å². The second-order valence-electron chi connectivity index (χ2n) is 4.59. The number of nitrogens with zero attached hydrogens (tertiary/aromatic N) is 3. The first-order chi connectivity index (χ1) is 8.90. The van der Waals surface area contributed by atoms with Crippen LogP contribution in [0.5, 0.6) is 0 Å². The molecule has 0 aliphatic rings. The average molecular weight is 247 g/mol. The molecule has 0 saturated heterocycles. The summed E-state index contributed by atoms with van der Waals surface area (Å²) < 4.78 is 5.24. The molecular weight excluding hydrogens is 226 g/mol. The molecule has 0 aromatic carbocycles. The van der Waals surface area contributed by atoms with Gasteiger partial charge in [0.1, 0.15) is 0 Å². The summed E-state index contributed by atoms with van der Waals surface area (Å²) in [5.41, 5.74) is 1.04. The summed E-state index contributed by atoms with van der Waals surface area (Å²) in [6.07, 6.45) is 12.3. The van der Waals surface area contributed by atoms with Gasteiger partial charge in [0.15, 0.2) is 0 Å². The van der Waals surface area contributed by atoms with Crippen LogP contribution in [0.2, 0.25) is 0 Å². The molecule has 2 rings (SSSR count).